The highest BCUT2D eigenvalue weighted by molar-refractivity contribution is 5.92. The molecule has 0 aromatic heterocycles. The third-order valence-electron chi connectivity index (χ3n) is 4.23. The fourth-order valence-electron chi connectivity index (χ4n) is 3.00. The largest absolute Gasteiger partial charge is 0.486 e. The van der Waals surface area contributed by atoms with Gasteiger partial charge in [-0.25, -0.2) is 0 Å². The summed E-state index contributed by atoms with van der Waals surface area (Å²) in [6.07, 6.45) is 2.49. The molecule has 6 nitrogen and oxygen atoms in total. The summed E-state index contributed by atoms with van der Waals surface area (Å²) in [5, 5.41) is 0. The SMILES string of the molecule is CC(=O)N(CCC(=O)N1CCCC1)c1ccc2c(c1)OCCO2. The number of rotatable bonds is 4. The van der Waals surface area contributed by atoms with Crippen molar-refractivity contribution in [3.8, 4) is 11.5 Å². The van der Waals surface area contributed by atoms with Gasteiger partial charge in [0.2, 0.25) is 11.8 Å². The molecule has 1 fully saturated rings. The van der Waals surface area contributed by atoms with E-state index in [1.54, 1.807) is 11.0 Å². The number of nitrogens with zero attached hydrogens (tertiary/aromatic N) is 2. The van der Waals surface area contributed by atoms with E-state index in [4.69, 9.17) is 9.47 Å². The van der Waals surface area contributed by atoms with Crippen LogP contribution in [0.1, 0.15) is 26.2 Å². The Kier molecular flexibility index (Phi) is 4.69. The lowest BCUT2D eigenvalue weighted by atomic mass is 10.2. The van der Waals surface area contributed by atoms with Crippen molar-refractivity contribution in [1.82, 2.24) is 4.90 Å². The third-order valence-corrected chi connectivity index (χ3v) is 4.23. The van der Waals surface area contributed by atoms with Crippen molar-refractivity contribution in [3.05, 3.63) is 18.2 Å². The number of fused-ring (bicyclic) bond motifs is 1. The highest BCUT2D eigenvalue weighted by atomic mass is 16.6. The molecule has 2 heterocycles. The topological polar surface area (TPSA) is 59.1 Å². The summed E-state index contributed by atoms with van der Waals surface area (Å²) in [6, 6.07) is 5.44. The first-order valence-electron chi connectivity index (χ1n) is 8.10. The lowest BCUT2D eigenvalue weighted by molar-refractivity contribution is -0.129. The van der Waals surface area contributed by atoms with Crippen LogP contribution in [0.3, 0.4) is 0 Å². The van der Waals surface area contributed by atoms with Crippen LogP contribution < -0.4 is 14.4 Å². The average Bonchev–Trinajstić information content (AvgIpc) is 3.09. The number of anilines is 1. The van der Waals surface area contributed by atoms with Gasteiger partial charge in [-0.2, -0.15) is 0 Å². The summed E-state index contributed by atoms with van der Waals surface area (Å²) in [5.41, 5.74) is 0.732. The second kappa shape index (κ2) is 6.89. The maximum absolute atomic E-state index is 12.2. The van der Waals surface area contributed by atoms with Crippen LogP contribution in [0.15, 0.2) is 18.2 Å². The van der Waals surface area contributed by atoms with Crippen LogP contribution in [0.5, 0.6) is 11.5 Å². The summed E-state index contributed by atoms with van der Waals surface area (Å²) in [5.74, 6) is 1.37. The molecule has 3 rings (SSSR count). The molecule has 2 aliphatic heterocycles. The quantitative estimate of drug-likeness (QED) is 0.850. The second-order valence-corrected chi connectivity index (χ2v) is 5.84. The number of hydrogen-bond acceptors (Lipinski definition) is 4. The molecular formula is C17H22N2O4. The second-order valence-electron chi connectivity index (χ2n) is 5.84. The minimum absolute atomic E-state index is 0.0871. The lowest BCUT2D eigenvalue weighted by Crippen LogP contribution is -2.35. The number of ether oxygens (including phenoxy) is 2. The summed E-state index contributed by atoms with van der Waals surface area (Å²) < 4.78 is 11.1. The summed E-state index contributed by atoms with van der Waals surface area (Å²) >= 11 is 0. The standard InChI is InChI=1S/C17H22N2O4/c1-13(20)19(9-6-17(21)18-7-2-3-8-18)14-4-5-15-16(12-14)23-11-10-22-15/h4-5,12H,2-3,6-11H2,1H3. The highest BCUT2D eigenvalue weighted by Crippen LogP contribution is 2.34. The van der Waals surface area contributed by atoms with Crippen LogP contribution in [0.25, 0.3) is 0 Å². The first-order valence-corrected chi connectivity index (χ1v) is 8.10. The van der Waals surface area contributed by atoms with Gasteiger partial charge in [-0.05, 0) is 25.0 Å². The van der Waals surface area contributed by atoms with E-state index in [0.717, 1.165) is 31.6 Å². The Morgan fingerprint density at radius 3 is 2.52 bits per heavy atom. The molecule has 2 aliphatic rings. The number of carbonyl (C=O) groups is 2. The minimum Gasteiger partial charge on any atom is -0.486 e. The molecule has 0 unspecified atom stereocenters. The summed E-state index contributed by atoms with van der Waals surface area (Å²) in [6.45, 7) is 4.60. The van der Waals surface area contributed by atoms with Crippen molar-refractivity contribution in [2.45, 2.75) is 26.2 Å². The van der Waals surface area contributed by atoms with Crippen LogP contribution in [0.2, 0.25) is 0 Å². The zero-order valence-electron chi connectivity index (χ0n) is 13.4. The molecule has 6 heteroatoms. The summed E-state index contributed by atoms with van der Waals surface area (Å²) in [7, 11) is 0. The first kappa shape index (κ1) is 15.6. The molecule has 2 amide bonds. The van der Waals surface area contributed by atoms with Gasteiger partial charge in [-0.3, -0.25) is 9.59 Å². The Morgan fingerprint density at radius 1 is 1.13 bits per heavy atom. The number of likely N-dealkylation sites (tertiary alicyclic amines) is 1. The van der Waals surface area contributed by atoms with Gasteiger partial charge < -0.3 is 19.3 Å². The first-order chi connectivity index (χ1) is 11.1. The number of hydrogen-bond donors (Lipinski definition) is 0. The average molecular weight is 318 g/mol. The van der Waals surface area contributed by atoms with Crippen molar-refractivity contribution in [2.75, 3.05) is 37.7 Å². The van der Waals surface area contributed by atoms with Crippen molar-refractivity contribution >= 4 is 17.5 Å². The van der Waals surface area contributed by atoms with Crippen LogP contribution in [-0.2, 0) is 9.59 Å². The number of amides is 2. The van der Waals surface area contributed by atoms with E-state index in [-0.39, 0.29) is 11.8 Å². The van der Waals surface area contributed by atoms with Gasteiger partial charge in [0.1, 0.15) is 13.2 Å². The van der Waals surface area contributed by atoms with Gasteiger partial charge in [-0.15, -0.1) is 0 Å². The third kappa shape index (κ3) is 3.57. The fraction of sp³-hybridized carbons (Fsp3) is 0.529. The van der Waals surface area contributed by atoms with E-state index >= 15 is 0 Å². The lowest BCUT2D eigenvalue weighted by Gasteiger charge is -2.25. The van der Waals surface area contributed by atoms with Crippen molar-refractivity contribution in [1.29, 1.82) is 0 Å². The molecule has 1 aromatic rings. The van der Waals surface area contributed by atoms with Crippen LogP contribution in [-0.4, -0.2) is 49.6 Å². The van der Waals surface area contributed by atoms with Crippen LogP contribution >= 0.6 is 0 Å². The van der Waals surface area contributed by atoms with Gasteiger partial charge >= 0.3 is 0 Å². The Balaban J connectivity index is 1.68. The highest BCUT2D eigenvalue weighted by Gasteiger charge is 2.21. The normalized spacial score (nSPS) is 16.3. The Bertz CT molecular complexity index is 596. The van der Waals surface area contributed by atoms with E-state index in [0.29, 0.717) is 37.7 Å². The molecule has 0 atom stereocenters. The fourth-order valence-corrected chi connectivity index (χ4v) is 3.00. The Morgan fingerprint density at radius 2 is 1.83 bits per heavy atom. The molecule has 0 saturated carbocycles. The van der Waals surface area contributed by atoms with E-state index in [9.17, 15) is 9.59 Å². The molecule has 23 heavy (non-hydrogen) atoms. The van der Waals surface area contributed by atoms with Gasteiger partial charge in [0.25, 0.3) is 0 Å². The van der Waals surface area contributed by atoms with E-state index < -0.39 is 0 Å². The van der Waals surface area contributed by atoms with E-state index in [1.807, 2.05) is 17.0 Å². The van der Waals surface area contributed by atoms with Crippen LogP contribution in [0, 0.1) is 0 Å². The van der Waals surface area contributed by atoms with Gasteiger partial charge in [0, 0.05) is 44.7 Å². The molecule has 0 bridgehead atoms. The smallest absolute Gasteiger partial charge is 0.224 e. The van der Waals surface area contributed by atoms with E-state index in [1.165, 1.54) is 6.92 Å². The molecule has 1 aromatic carbocycles. The molecule has 0 radical (unpaired) electrons. The maximum Gasteiger partial charge on any atom is 0.224 e. The van der Waals surface area contributed by atoms with Crippen molar-refractivity contribution in [2.24, 2.45) is 0 Å². The maximum atomic E-state index is 12.2. The summed E-state index contributed by atoms with van der Waals surface area (Å²) in [4.78, 5) is 27.6. The molecule has 0 N–H and O–H groups in total. The number of carbonyl (C=O) groups excluding carboxylic acids is 2. The molecular weight excluding hydrogens is 296 g/mol. The molecule has 124 valence electrons. The van der Waals surface area contributed by atoms with E-state index in [2.05, 4.69) is 0 Å². The Labute approximate surface area is 136 Å². The molecule has 0 aliphatic carbocycles. The predicted molar refractivity (Wildman–Crippen MR) is 85.9 cm³/mol. The molecule has 0 spiro atoms. The van der Waals surface area contributed by atoms with Gasteiger partial charge in [0.15, 0.2) is 11.5 Å². The molecule has 1 saturated heterocycles. The minimum atomic E-state index is -0.0871. The van der Waals surface area contributed by atoms with Crippen molar-refractivity contribution in [3.63, 3.8) is 0 Å². The zero-order chi connectivity index (χ0) is 16.2. The van der Waals surface area contributed by atoms with Gasteiger partial charge in [0.05, 0.1) is 0 Å². The van der Waals surface area contributed by atoms with Crippen molar-refractivity contribution < 1.29 is 19.1 Å². The van der Waals surface area contributed by atoms with Gasteiger partial charge in [-0.1, -0.05) is 0 Å². The Hall–Kier alpha value is -2.24. The van der Waals surface area contributed by atoms with Crippen LogP contribution in [0.4, 0.5) is 5.69 Å². The monoisotopic (exact) mass is 318 g/mol. The number of benzene rings is 1. The predicted octanol–water partition coefficient (Wildman–Crippen LogP) is 1.82. The zero-order valence-corrected chi connectivity index (χ0v) is 13.4.